The highest BCUT2D eigenvalue weighted by molar-refractivity contribution is 9.10. The van der Waals surface area contributed by atoms with Gasteiger partial charge in [-0.05, 0) is 78.7 Å². The van der Waals surface area contributed by atoms with E-state index in [0.717, 1.165) is 29.5 Å². The first-order valence-electron chi connectivity index (χ1n) is 9.96. The molecule has 9 heteroatoms. The standard InChI is InChI=1S/C23H22BrN3O4S/c1-31-22-9-8-20(32(29,30)27-19-6-4-18(24)5-7-19)13-21(22)26-23(28)16-3-2-15-10-11-25-14-17(15)12-16/h2-9,12-13,25,27H,10-11,14H2,1H3,(H,26,28). The Bertz CT molecular complexity index is 1260. The first-order chi connectivity index (χ1) is 15.4. The van der Waals surface area contributed by atoms with Gasteiger partial charge in [-0.1, -0.05) is 22.0 Å². The number of hydrogen-bond donors (Lipinski definition) is 3. The van der Waals surface area contributed by atoms with Crippen molar-refractivity contribution in [1.82, 2.24) is 5.32 Å². The number of hydrogen-bond acceptors (Lipinski definition) is 5. The van der Waals surface area contributed by atoms with Gasteiger partial charge in [-0.25, -0.2) is 8.42 Å². The number of rotatable bonds is 6. The molecule has 0 saturated heterocycles. The number of nitrogens with one attached hydrogen (secondary N) is 3. The van der Waals surface area contributed by atoms with Crippen molar-refractivity contribution in [2.75, 3.05) is 23.7 Å². The third-order valence-corrected chi connectivity index (χ3v) is 7.09. The van der Waals surface area contributed by atoms with Crippen molar-refractivity contribution in [2.45, 2.75) is 17.9 Å². The van der Waals surface area contributed by atoms with E-state index in [1.165, 1.54) is 30.9 Å². The van der Waals surface area contributed by atoms with E-state index in [1.54, 1.807) is 30.3 Å². The third-order valence-electron chi connectivity index (χ3n) is 5.18. The Morgan fingerprint density at radius 1 is 1.03 bits per heavy atom. The van der Waals surface area contributed by atoms with Crippen LogP contribution in [-0.2, 0) is 23.0 Å². The van der Waals surface area contributed by atoms with Gasteiger partial charge in [0.1, 0.15) is 5.75 Å². The highest BCUT2D eigenvalue weighted by Gasteiger charge is 2.19. The van der Waals surface area contributed by atoms with Gasteiger partial charge in [0, 0.05) is 22.3 Å². The highest BCUT2D eigenvalue weighted by atomic mass is 79.9. The number of halogens is 1. The number of benzene rings is 3. The summed E-state index contributed by atoms with van der Waals surface area (Å²) in [6.07, 6.45) is 0.927. The van der Waals surface area contributed by atoms with Crippen LogP contribution in [0.25, 0.3) is 0 Å². The Morgan fingerprint density at radius 3 is 2.56 bits per heavy atom. The predicted molar refractivity (Wildman–Crippen MR) is 128 cm³/mol. The summed E-state index contributed by atoms with van der Waals surface area (Å²) in [6, 6.07) is 16.7. The SMILES string of the molecule is COc1ccc(S(=O)(=O)Nc2ccc(Br)cc2)cc1NC(=O)c1ccc2c(c1)CNCC2. The fourth-order valence-electron chi connectivity index (χ4n) is 3.50. The molecule has 0 radical (unpaired) electrons. The van der Waals surface area contributed by atoms with E-state index in [-0.39, 0.29) is 16.5 Å². The first kappa shape index (κ1) is 22.3. The summed E-state index contributed by atoms with van der Waals surface area (Å²) in [5.74, 6) is 0.0210. The lowest BCUT2D eigenvalue weighted by atomic mass is 9.98. The molecule has 32 heavy (non-hydrogen) atoms. The lowest BCUT2D eigenvalue weighted by Crippen LogP contribution is -2.24. The molecule has 0 fully saturated rings. The van der Waals surface area contributed by atoms with Gasteiger partial charge in [0.25, 0.3) is 15.9 Å². The molecular weight excluding hydrogens is 494 g/mol. The summed E-state index contributed by atoms with van der Waals surface area (Å²) in [6.45, 7) is 1.64. The molecule has 3 N–H and O–H groups in total. The van der Waals surface area contributed by atoms with E-state index in [9.17, 15) is 13.2 Å². The van der Waals surface area contributed by atoms with Gasteiger partial charge in [0.15, 0.2) is 0 Å². The highest BCUT2D eigenvalue weighted by Crippen LogP contribution is 2.29. The second-order valence-corrected chi connectivity index (χ2v) is 9.94. The van der Waals surface area contributed by atoms with E-state index in [2.05, 4.69) is 31.3 Å². The maximum absolute atomic E-state index is 12.9. The molecule has 0 spiro atoms. The molecule has 7 nitrogen and oxygen atoms in total. The summed E-state index contributed by atoms with van der Waals surface area (Å²) in [5, 5.41) is 6.08. The Hall–Kier alpha value is -2.88. The van der Waals surface area contributed by atoms with Crippen LogP contribution in [-0.4, -0.2) is 28.0 Å². The number of carbonyl (C=O) groups excluding carboxylic acids is 1. The van der Waals surface area contributed by atoms with Gasteiger partial charge in [-0.15, -0.1) is 0 Å². The first-order valence-corrected chi connectivity index (χ1v) is 12.2. The quantitative estimate of drug-likeness (QED) is 0.458. The summed E-state index contributed by atoms with van der Waals surface area (Å²) in [4.78, 5) is 12.9. The number of anilines is 2. The largest absolute Gasteiger partial charge is 0.495 e. The molecule has 0 saturated carbocycles. The van der Waals surface area contributed by atoms with E-state index in [1.807, 2.05) is 12.1 Å². The molecule has 0 aliphatic carbocycles. The molecule has 0 unspecified atom stereocenters. The smallest absolute Gasteiger partial charge is 0.261 e. The molecule has 0 atom stereocenters. The van der Waals surface area contributed by atoms with Crippen LogP contribution in [0.5, 0.6) is 5.75 Å². The van der Waals surface area contributed by atoms with Crippen molar-refractivity contribution in [1.29, 1.82) is 0 Å². The predicted octanol–water partition coefficient (Wildman–Crippen LogP) is 4.16. The molecule has 1 amide bonds. The van der Waals surface area contributed by atoms with Crippen molar-refractivity contribution >= 4 is 43.2 Å². The van der Waals surface area contributed by atoms with E-state index >= 15 is 0 Å². The van der Waals surface area contributed by atoms with Gasteiger partial charge < -0.3 is 15.4 Å². The van der Waals surface area contributed by atoms with Gasteiger partial charge in [0.2, 0.25) is 0 Å². The average molecular weight is 516 g/mol. The number of sulfonamides is 1. The lowest BCUT2D eigenvalue weighted by molar-refractivity contribution is 0.102. The number of amides is 1. The van der Waals surface area contributed by atoms with Crippen LogP contribution in [0.2, 0.25) is 0 Å². The Morgan fingerprint density at radius 2 is 1.81 bits per heavy atom. The van der Waals surface area contributed by atoms with Gasteiger partial charge in [-0.3, -0.25) is 9.52 Å². The van der Waals surface area contributed by atoms with Gasteiger partial charge in [-0.2, -0.15) is 0 Å². The summed E-state index contributed by atoms with van der Waals surface area (Å²) in [5.41, 5.74) is 3.51. The molecular formula is C23H22BrN3O4S. The van der Waals surface area contributed by atoms with E-state index in [4.69, 9.17) is 4.74 Å². The minimum atomic E-state index is -3.87. The van der Waals surface area contributed by atoms with E-state index < -0.39 is 10.0 Å². The van der Waals surface area contributed by atoms with Crippen LogP contribution >= 0.6 is 15.9 Å². The molecule has 3 aromatic carbocycles. The molecule has 1 aliphatic heterocycles. The maximum atomic E-state index is 12.9. The molecule has 4 rings (SSSR count). The van der Waals surface area contributed by atoms with Crippen LogP contribution < -0.4 is 20.1 Å². The van der Waals surface area contributed by atoms with Crippen LogP contribution in [0.15, 0.2) is 70.0 Å². The Kier molecular flexibility index (Phi) is 6.50. The van der Waals surface area contributed by atoms with Crippen molar-refractivity contribution in [2.24, 2.45) is 0 Å². The zero-order chi connectivity index (χ0) is 22.7. The van der Waals surface area contributed by atoms with Gasteiger partial charge >= 0.3 is 0 Å². The van der Waals surface area contributed by atoms with E-state index in [0.29, 0.717) is 17.0 Å². The van der Waals surface area contributed by atoms with Crippen LogP contribution in [0, 0.1) is 0 Å². The van der Waals surface area contributed by atoms with Crippen molar-refractivity contribution < 1.29 is 17.9 Å². The molecule has 0 bridgehead atoms. The minimum Gasteiger partial charge on any atom is -0.495 e. The lowest BCUT2D eigenvalue weighted by Gasteiger charge is -2.18. The zero-order valence-electron chi connectivity index (χ0n) is 17.3. The number of fused-ring (bicyclic) bond motifs is 1. The minimum absolute atomic E-state index is 0.00570. The van der Waals surface area contributed by atoms with Gasteiger partial charge in [0.05, 0.1) is 17.7 Å². The monoisotopic (exact) mass is 515 g/mol. The number of ether oxygens (including phenoxy) is 1. The fraction of sp³-hybridized carbons (Fsp3) is 0.174. The molecule has 1 aliphatic rings. The second-order valence-electron chi connectivity index (χ2n) is 7.34. The second kappa shape index (κ2) is 9.32. The Labute approximate surface area is 195 Å². The topological polar surface area (TPSA) is 96.5 Å². The maximum Gasteiger partial charge on any atom is 0.261 e. The third kappa shape index (κ3) is 4.95. The van der Waals surface area contributed by atoms with Crippen molar-refractivity contribution in [3.05, 3.63) is 81.8 Å². The van der Waals surface area contributed by atoms with Crippen LogP contribution in [0.3, 0.4) is 0 Å². The Balaban J connectivity index is 1.59. The number of methoxy groups -OCH3 is 1. The average Bonchev–Trinajstić information content (AvgIpc) is 2.80. The van der Waals surface area contributed by atoms with Crippen molar-refractivity contribution in [3.63, 3.8) is 0 Å². The molecule has 0 aromatic heterocycles. The number of carbonyl (C=O) groups is 1. The van der Waals surface area contributed by atoms with Crippen LogP contribution in [0.1, 0.15) is 21.5 Å². The summed E-state index contributed by atoms with van der Waals surface area (Å²) in [7, 11) is -2.40. The fourth-order valence-corrected chi connectivity index (χ4v) is 4.85. The molecule has 3 aromatic rings. The molecule has 1 heterocycles. The molecule has 166 valence electrons. The summed E-state index contributed by atoms with van der Waals surface area (Å²) < 4.78 is 34.4. The normalized spacial score (nSPS) is 13.2. The van der Waals surface area contributed by atoms with Crippen LogP contribution in [0.4, 0.5) is 11.4 Å². The summed E-state index contributed by atoms with van der Waals surface area (Å²) >= 11 is 3.32. The van der Waals surface area contributed by atoms with Crippen molar-refractivity contribution in [3.8, 4) is 5.75 Å². The zero-order valence-corrected chi connectivity index (χ0v) is 19.7.